The van der Waals surface area contributed by atoms with Crippen LogP contribution in [-0.4, -0.2) is 23.4 Å². The zero-order valence-electron chi connectivity index (χ0n) is 14.6. The number of methoxy groups -OCH3 is 2. The topological polar surface area (TPSA) is 62.5 Å². The van der Waals surface area contributed by atoms with Crippen LogP contribution in [0.25, 0.3) is 5.69 Å². The van der Waals surface area contributed by atoms with Crippen LogP contribution < -0.4 is 20.6 Å². The SMILES string of the molecule is COc1ccc(-n2ccn(Cc3ccc(F)cc3Cl)c(=O)c2=O)cc1OC. The van der Waals surface area contributed by atoms with E-state index in [0.717, 1.165) is 6.07 Å². The van der Waals surface area contributed by atoms with Crippen molar-refractivity contribution in [3.05, 3.63) is 85.9 Å². The molecule has 0 aliphatic heterocycles. The van der Waals surface area contributed by atoms with E-state index in [9.17, 15) is 14.0 Å². The van der Waals surface area contributed by atoms with Crippen molar-refractivity contribution in [2.24, 2.45) is 0 Å². The molecule has 3 rings (SSSR count). The summed E-state index contributed by atoms with van der Waals surface area (Å²) in [4.78, 5) is 25.0. The highest BCUT2D eigenvalue weighted by Crippen LogP contribution is 2.28. The van der Waals surface area contributed by atoms with Crippen molar-refractivity contribution in [1.29, 1.82) is 0 Å². The molecule has 0 saturated heterocycles. The summed E-state index contributed by atoms with van der Waals surface area (Å²) >= 11 is 6.00. The molecule has 0 spiro atoms. The number of hydrogen-bond donors (Lipinski definition) is 0. The molecule has 1 aromatic heterocycles. The maximum absolute atomic E-state index is 13.2. The minimum Gasteiger partial charge on any atom is -0.493 e. The van der Waals surface area contributed by atoms with Crippen molar-refractivity contribution < 1.29 is 13.9 Å². The standard InChI is InChI=1S/C19H16ClFN2O4/c1-26-16-6-5-14(10-17(16)27-2)23-8-7-22(18(24)19(23)25)11-12-3-4-13(21)9-15(12)20/h3-10H,11H2,1-2H3. The molecule has 0 amide bonds. The highest BCUT2D eigenvalue weighted by molar-refractivity contribution is 6.31. The molecule has 0 aliphatic carbocycles. The lowest BCUT2D eigenvalue weighted by Gasteiger charge is -2.12. The summed E-state index contributed by atoms with van der Waals surface area (Å²) in [5.74, 6) is 0.470. The van der Waals surface area contributed by atoms with Crippen molar-refractivity contribution in [2.45, 2.75) is 6.54 Å². The van der Waals surface area contributed by atoms with Gasteiger partial charge in [-0.05, 0) is 29.8 Å². The van der Waals surface area contributed by atoms with Gasteiger partial charge < -0.3 is 14.0 Å². The van der Waals surface area contributed by atoms with Crippen molar-refractivity contribution in [2.75, 3.05) is 14.2 Å². The van der Waals surface area contributed by atoms with Crippen LogP contribution in [0.5, 0.6) is 11.5 Å². The third-order valence-corrected chi connectivity index (χ3v) is 4.41. The average molecular weight is 391 g/mol. The molecule has 0 bridgehead atoms. The monoisotopic (exact) mass is 390 g/mol. The van der Waals surface area contributed by atoms with E-state index in [1.54, 1.807) is 18.2 Å². The summed E-state index contributed by atoms with van der Waals surface area (Å²) in [5.41, 5.74) is -0.472. The molecule has 0 aliphatic rings. The van der Waals surface area contributed by atoms with Gasteiger partial charge in [-0.15, -0.1) is 0 Å². The fourth-order valence-corrected chi connectivity index (χ4v) is 2.87. The van der Waals surface area contributed by atoms with Gasteiger partial charge in [0, 0.05) is 23.5 Å². The summed E-state index contributed by atoms with van der Waals surface area (Å²) < 4.78 is 26.0. The number of rotatable bonds is 5. The van der Waals surface area contributed by atoms with Gasteiger partial charge in [-0.25, -0.2) is 4.39 Å². The maximum Gasteiger partial charge on any atom is 0.320 e. The minimum atomic E-state index is -0.733. The number of aromatic nitrogens is 2. The van der Waals surface area contributed by atoms with Crippen LogP contribution in [-0.2, 0) is 6.54 Å². The third kappa shape index (κ3) is 3.73. The van der Waals surface area contributed by atoms with Gasteiger partial charge in [-0.1, -0.05) is 17.7 Å². The van der Waals surface area contributed by atoms with Crippen LogP contribution in [0.15, 0.2) is 58.4 Å². The summed E-state index contributed by atoms with van der Waals surface area (Å²) in [6, 6.07) is 8.77. The largest absolute Gasteiger partial charge is 0.493 e. The molecule has 0 N–H and O–H groups in total. The Kier molecular flexibility index (Phi) is 5.32. The van der Waals surface area contributed by atoms with E-state index in [0.29, 0.717) is 22.7 Å². The van der Waals surface area contributed by atoms with Gasteiger partial charge >= 0.3 is 11.1 Å². The Morgan fingerprint density at radius 2 is 1.70 bits per heavy atom. The minimum absolute atomic E-state index is 0.0555. The maximum atomic E-state index is 13.2. The smallest absolute Gasteiger partial charge is 0.320 e. The summed E-state index contributed by atoms with van der Waals surface area (Å²) in [5, 5.41) is 0.186. The van der Waals surface area contributed by atoms with Crippen molar-refractivity contribution in [1.82, 2.24) is 9.13 Å². The molecule has 2 aromatic carbocycles. The van der Waals surface area contributed by atoms with E-state index in [4.69, 9.17) is 21.1 Å². The molecule has 140 valence electrons. The molecule has 0 radical (unpaired) electrons. The number of halogens is 2. The van der Waals surface area contributed by atoms with Crippen molar-refractivity contribution >= 4 is 11.6 Å². The predicted molar refractivity (Wildman–Crippen MR) is 99.9 cm³/mol. The van der Waals surface area contributed by atoms with Gasteiger partial charge in [0.05, 0.1) is 26.5 Å². The quantitative estimate of drug-likeness (QED) is 0.628. The third-order valence-electron chi connectivity index (χ3n) is 4.06. The van der Waals surface area contributed by atoms with Crippen molar-refractivity contribution in [3.63, 3.8) is 0 Å². The molecule has 0 fully saturated rings. The van der Waals surface area contributed by atoms with E-state index < -0.39 is 16.9 Å². The second-order valence-corrected chi connectivity index (χ2v) is 6.09. The van der Waals surface area contributed by atoms with Crippen LogP contribution >= 0.6 is 11.6 Å². The number of nitrogens with zero attached hydrogens (tertiary/aromatic N) is 2. The second kappa shape index (κ2) is 7.67. The molecular formula is C19H16ClFN2O4. The number of ether oxygens (including phenoxy) is 2. The van der Waals surface area contributed by atoms with E-state index in [1.807, 2.05) is 0 Å². The van der Waals surface area contributed by atoms with Crippen LogP contribution in [0.4, 0.5) is 4.39 Å². The van der Waals surface area contributed by atoms with Gasteiger partial charge in [-0.3, -0.25) is 14.2 Å². The zero-order chi connectivity index (χ0) is 19.6. The molecule has 0 saturated carbocycles. The summed E-state index contributed by atoms with van der Waals surface area (Å²) in [7, 11) is 2.99. The molecule has 3 aromatic rings. The number of hydrogen-bond acceptors (Lipinski definition) is 4. The Hall–Kier alpha value is -3.06. The number of benzene rings is 2. The van der Waals surface area contributed by atoms with Gasteiger partial charge in [0.1, 0.15) is 5.82 Å². The van der Waals surface area contributed by atoms with Crippen LogP contribution in [0.1, 0.15) is 5.56 Å². The van der Waals surface area contributed by atoms with E-state index in [2.05, 4.69) is 0 Å². The summed E-state index contributed by atoms with van der Waals surface area (Å²) in [6.45, 7) is 0.0555. The molecule has 1 heterocycles. The molecular weight excluding hydrogens is 375 g/mol. The van der Waals surface area contributed by atoms with Gasteiger partial charge in [0.15, 0.2) is 11.5 Å². The molecule has 0 atom stereocenters. The molecule has 8 heteroatoms. The first-order valence-electron chi connectivity index (χ1n) is 7.93. The molecule has 6 nitrogen and oxygen atoms in total. The van der Waals surface area contributed by atoms with Crippen molar-refractivity contribution in [3.8, 4) is 17.2 Å². The Labute approximate surface area is 159 Å². The Bertz CT molecular complexity index is 1110. The molecule has 27 heavy (non-hydrogen) atoms. The lowest BCUT2D eigenvalue weighted by molar-refractivity contribution is 0.355. The second-order valence-electron chi connectivity index (χ2n) is 5.68. The predicted octanol–water partition coefficient (Wildman–Crippen LogP) is 2.86. The highest BCUT2D eigenvalue weighted by atomic mass is 35.5. The first-order chi connectivity index (χ1) is 12.9. The lowest BCUT2D eigenvalue weighted by atomic mass is 10.2. The Morgan fingerprint density at radius 3 is 2.37 bits per heavy atom. The van der Waals surface area contributed by atoms with Crippen LogP contribution in [0.3, 0.4) is 0 Å². The van der Waals surface area contributed by atoms with Gasteiger partial charge in [0.25, 0.3) is 0 Å². The molecule has 0 unspecified atom stereocenters. The van der Waals surface area contributed by atoms with E-state index >= 15 is 0 Å². The van der Waals surface area contributed by atoms with E-state index in [-0.39, 0.29) is 11.6 Å². The van der Waals surface area contributed by atoms with Gasteiger partial charge in [-0.2, -0.15) is 0 Å². The van der Waals surface area contributed by atoms with Crippen LogP contribution in [0.2, 0.25) is 5.02 Å². The fraction of sp³-hybridized carbons (Fsp3) is 0.158. The van der Waals surface area contributed by atoms with E-state index in [1.165, 1.54) is 47.9 Å². The normalized spacial score (nSPS) is 10.7. The van der Waals surface area contributed by atoms with Gasteiger partial charge in [0.2, 0.25) is 0 Å². The first-order valence-corrected chi connectivity index (χ1v) is 8.31. The zero-order valence-corrected chi connectivity index (χ0v) is 15.4. The lowest BCUT2D eigenvalue weighted by Crippen LogP contribution is -2.40. The Balaban J connectivity index is 2.01. The Morgan fingerprint density at radius 1 is 0.963 bits per heavy atom. The van der Waals surface area contributed by atoms with Crippen LogP contribution in [0, 0.1) is 5.82 Å². The fourth-order valence-electron chi connectivity index (χ4n) is 2.64. The first kappa shape index (κ1) is 18.7. The highest BCUT2D eigenvalue weighted by Gasteiger charge is 2.11. The average Bonchev–Trinajstić information content (AvgIpc) is 2.67. The summed E-state index contributed by atoms with van der Waals surface area (Å²) in [6.07, 6.45) is 2.95.